The van der Waals surface area contributed by atoms with Gasteiger partial charge in [-0.05, 0) is 75.5 Å². The van der Waals surface area contributed by atoms with E-state index in [0.717, 1.165) is 32.4 Å². The number of carbonyl (C=O) groups is 1. The van der Waals surface area contributed by atoms with E-state index in [1.807, 2.05) is 23.3 Å². The molecule has 2 rings (SSSR count). The van der Waals surface area contributed by atoms with Crippen LogP contribution in [-0.2, 0) is 4.79 Å². The molecule has 1 saturated heterocycles. The van der Waals surface area contributed by atoms with Crippen molar-refractivity contribution in [2.24, 2.45) is 5.92 Å². The second kappa shape index (κ2) is 11.8. The Morgan fingerprint density at radius 2 is 2.25 bits per heavy atom. The SMILES string of the molecule is C#CC.O=C(O)CN1/C=C(/C2CCCNCC2)C/C=C\C(Cl)=C/C1. The highest BCUT2D eigenvalue weighted by atomic mass is 35.5. The Morgan fingerprint density at radius 1 is 1.50 bits per heavy atom. The molecule has 0 aliphatic carbocycles. The minimum absolute atomic E-state index is 0.00907. The summed E-state index contributed by atoms with van der Waals surface area (Å²) in [5.41, 5.74) is 1.32. The molecule has 132 valence electrons. The summed E-state index contributed by atoms with van der Waals surface area (Å²) in [6.45, 7) is 4.30. The predicted octanol–water partition coefficient (Wildman–Crippen LogP) is 3.37. The summed E-state index contributed by atoms with van der Waals surface area (Å²) < 4.78 is 0. The number of halogens is 1. The summed E-state index contributed by atoms with van der Waals surface area (Å²) in [4.78, 5) is 12.9. The van der Waals surface area contributed by atoms with Crippen molar-refractivity contribution in [1.29, 1.82) is 0 Å². The Hall–Kier alpha value is -1.70. The fourth-order valence-electron chi connectivity index (χ4n) is 2.87. The van der Waals surface area contributed by atoms with Crippen LogP contribution in [0.5, 0.6) is 0 Å². The molecule has 2 N–H and O–H groups in total. The molecule has 0 saturated carbocycles. The van der Waals surface area contributed by atoms with Gasteiger partial charge in [-0.25, -0.2) is 0 Å². The summed E-state index contributed by atoms with van der Waals surface area (Å²) in [5.74, 6) is 1.96. The first-order chi connectivity index (χ1) is 11.6. The van der Waals surface area contributed by atoms with Crippen LogP contribution < -0.4 is 5.32 Å². The van der Waals surface area contributed by atoms with Crippen LogP contribution in [0.3, 0.4) is 0 Å². The summed E-state index contributed by atoms with van der Waals surface area (Å²) >= 11 is 6.09. The van der Waals surface area contributed by atoms with Crippen molar-refractivity contribution in [2.45, 2.75) is 32.6 Å². The normalized spacial score (nSPS) is 27.2. The van der Waals surface area contributed by atoms with Gasteiger partial charge in [-0.15, -0.1) is 12.3 Å². The number of nitrogens with one attached hydrogen (secondary N) is 1. The molecule has 0 spiro atoms. The molecule has 0 aromatic carbocycles. The quantitative estimate of drug-likeness (QED) is 0.766. The van der Waals surface area contributed by atoms with Gasteiger partial charge in [-0.1, -0.05) is 17.7 Å². The van der Waals surface area contributed by atoms with Crippen molar-refractivity contribution < 1.29 is 9.90 Å². The Labute approximate surface area is 150 Å². The summed E-state index contributed by atoms with van der Waals surface area (Å²) in [6, 6.07) is 0. The van der Waals surface area contributed by atoms with Crippen LogP contribution in [-0.4, -0.2) is 42.2 Å². The van der Waals surface area contributed by atoms with Crippen LogP contribution in [0.2, 0.25) is 0 Å². The van der Waals surface area contributed by atoms with Crippen LogP contribution in [0.1, 0.15) is 32.6 Å². The summed E-state index contributed by atoms with van der Waals surface area (Å²) in [7, 11) is 0. The van der Waals surface area contributed by atoms with Gasteiger partial charge in [-0.2, -0.15) is 0 Å². The molecule has 0 radical (unpaired) electrons. The third-order valence-corrected chi connectivity index (χ3v) is 4.22. The molecule has 4 nitrogen and oxygen atoms in total. The lowest BCUT2D eigenvalue weighted by molar-refractivity contribution is -0.137. The number of terminal acetylenes is 1. The van der Waals surface area contributed by atoms with Gasteiger partial charge in [0.05, 0.1) is 0 Å². The molecular weight excluding hydrogens is 324 g/mol. The highest BCUT2D eigenvalue weighted by Gasteiger charge is 2.18. The Balaban J connectivity index is 0.000000891. The number of carboxylic acid groups (broad SMARTS) is 1. The van der Waals surface area contributed by atoms with Gasteiger partial charge < -0.3 is 15.3 Å². The summed E-state index contributed by atoms with van der Waals surface area (Å²) in [5, 5.41) is 13.1. The maximum atomic E-state index is 11.0. The van der Waals surface area contributed by atoms with E-state index in [0.29, 0.717) is 17.5 Å². The Bertz CT molecular complexity index is 524. The van der Waals surface area contributed by atoms with Crippen molar-refractivity contribution in [2.75, 3.05) is 26.2 Å². The fraction of sp³-hybridized carbons (Fsp3) is 0.526. The fourth-order valence-corrected chi connectivity index (χ4v) is 3.02. The number of nitrogens with zero attached hydrogens (tertiary/aromatic N) is 1. The van der Waals surface area contributed by atoms with Crippen molar-refractivity contribution in [3.8, 4) is 12.3 Å². The van der Waals surface area contributed by atoms with Gasteiger partial charge in [0.25, 0.3) is 0 Å². The molecule has 0 aromatic rings. The number of carboxylic acids is 1. The largest absolute Gasteiger partial charge is 0.480 e. The first-order valence-electron chi connectivity index (χ1n) is 8.33. The number of hydrogen-bond donors (Lipinski definition) is 2. The molecule has 0 amide bonds. The van der Waals surface area contributed by atoms with E-state index in [2.05, 4.69) is 23.7 Å². The second-order valence-electron chi connectivity index (χ2n) is 5.89. The molecule has 5 heteroatoms. The van der Waals surface area contributed by atoms with E-state index in [1.165, 1.54) is 12.0 Å². The third-order valence-electron chi connectivity index (χ3n) is 3.94. The maximum Gasteiger partial charge on any atom is 0.323 e. The monoisotopic (exact) mass is 350 g/mol. The number of rotatable bonds is 3. The molecule has 2 aliphatic heterocycles. The zero-order valence-electron chi connectivity index (χ0n) is 14.3. The van der Waals surface area contributed by atoms with Crippen molar-refractivity contribution in [3.63, 3.8) is 0 Å². The lowest BCUT2D eigenvalue weighted by Crippen LogP contribution is -2.26. The topological polar surface area (TPSA) is 52.6 Å². The highest BCUT2D eigenvalue weighted by Crippen LogP contribution is 2.27. The van der Waals surface area contributed by atoms with E-state index >= 15 is 0 Å². The molecule has 0 bridgehead atoms. The van der Waals surface area contributed by atoms with E-state index in [9.17, 15) is 4.79 Å². The van der Waals surface area contributed by atoms with Gasteiger partial charge in [0, 0.05) is 11.6 Å². The predicted molar refractivity (Wildman–Crippen MR) is 99.7 cm³/mol. The molecule has 2 aliphatic rings. The maximum absolute atomic E-state index is 11.0. The van der Waals surface area contributed by atoms with Gasteiger partial charge in [0.1, 0.15) is 6.54 Å². The smallest absolute Gasteiger partial charge is 0.323 e. The van der Waals surface area contributed by atoms with Crippen LogP contribution in [0.25, 0.3) is 0 Å². The molecule has 1 atom stereocenters. The number of hydrogen-bond acceptors (Lipinski definition) is 3. The highest BCUT2D eigenvalue weighted by molar-refractivity contribution is 6.31. The first kappa shape index (κ1) is 20.3. The minimum Gasteiger partial charge on any atom is -0.480 e. The van der Waals surface area contributed by atoms with Gasteiger partial charge in [-0.3, -0.25) is 4.79 Å². The van der Waals surface area contributed by atoms with Crippen molar-refractivity contribution in [3.05, 3.63) is 35.0 Å². The average Bonchev–Trinajstić information content (AvgIpc) is 2.76. The standard InChI is InChI=1S/C16H23ClN2O2.C3H4/c17-15-5-1-3-14(13-4-2-8-18-9-6-13)11-19(10-7-15)12-16(20)21;1-3-2/h1,5,7,11,13,18H,2-4,6,8-10,12H2,(H,20,21);1H,2H3/b5-1-,14-11+,15-7+;. The Morgan fingerprint density at radius 3 is 2.96 bits per heavy atom. The lowest BCUT2D eigenvalue weighted by Gasteiger charge is -2.22. The van der Waals surface area contributed by atoms with Crippen LogP contribution in [0, 0.1) is 18.3 Å². The van der Waals surface area contributed by atoms with Crippen molar-refractivity contribution >= 4 is 17.6 Å². The molecule has 24 heavy (non-hydrogen) atoms. The van der Waals surface area contributed by atoms with Crippen LogP contribution in [0.15, 0.2) is 35.0 Å². The molecule has 1 fully saturated rings. The molecular formula is C19H27ClN2O2. The van der Waals surface area contributed by atoms with E-state index in [4.69, 9.17) is 16.7 Å². The van der Waals surface area contributed by atoms with Crippen LogP contribution in [0.4, 0.5) is 0 Å². The Kier molecular flexibility index (Phi) is 9.98. The minimum atomic E-state index is -0.815. The van der Waals surface area contributed by atoms with Gasteiger partial charge in [0.2, 0.25) is 0 Å². The first-order valence-corrected chi connectivity index (χ1v) is 8.71. The second-order valence-corrected chi connectivity index (χ2v) is 6.33. The zero-order chi connectivity index (χ0) is 17.8. The summed E-state index contributed by atoms with van der Waals surface area (Å²) in [6.07, 6.45) is 16.8. The number of allylic oxidation sites excluding steroid dienone is 4. The van der Waals surface area contributed by atoms with Crippen LogP contribution >= 0.6 is 11.6 Å². The molecule has 2 heterocycles. The zero-order valence-corrected chi connectivity index (χ0v) is 15.1. The average molecular weight is 351 g/mol. The van der Waals surface area contributed by atoms with E-state index in [-0.39, 0.29) is 6.54 Å². The van der Waals surface area contributed by atoms with Gasteiger partial charge in [0.15, 0.2) is 0 Å². The lowest BCUT2D eigenvalue weighted by atomic mass is 9.90. The third kappa shape index (κ3) is 8.24. The van der Waals surface area contributed by atoms with E-state index in [1.54, 1.807) is 6.92 Å². The number of aliphatic carboxylic acids is 1. The van der Waals surface area contributed by atoms with Crippen molar-refractivity contribution in [1.82, 2.24) is 10.2 Å². The van der Waals surface area contributed by atoms with E-state index < -0.39 is 5.97 Å². The molecule has 0 aromatic heterocycles. The molecule has 1 unspecified atom stereocenters. The van der Waals surface area contributed by atoms with Gasteiger partial charge >= 0.3 is 5.97 Å².